The third kappa shape index (κ3) is 607. The minimum atomic E-state index is 0. The van der Waals surface area contributed by atoms with Crippen molar-refractivity contribution >= 4 is 24.8 Å². The van der Waals surface area contributed by atoms with E-state index in [0.717, 1.165) is 0 Å². The van der Waals surface area contributed by atoms with Gasteiger partial charge in [0.25, 0.3) is 0 Å². The van der Waals surface area contributed by atoms with Gasteiger partial charge in [-0.05, 0) is 6.92 Å². The predicted octanol–water partition coefficient (Wildman–Crippen LogP) is -0.339. The minimum absolute atomic E-state index is 0. The zero-order valence-electron chi connectivity index (χ0n) is 4.13. The van der Waals surface area contributed by atoms with Gasteiger partial charge in [0.05, 0.1) is 0 Å². The Bertz CT molecular complexity index is 13.7. The van der Waals surface area contributed by atoms with Crippen LogP contribution in [0.2, 0.25) is 0 Å². The van der Waals surface area contributed by atoms with Crippen molar-refractivity contribution in [3.05, 3.63) is 0 Å². The van der Waals surface area contributed by atoms with Gasteiger partial charge in [0.2, 0.25) is 0 Å². The van der Waals surface area contributed by atoms with Crippen LogP contribution in [-0.4, -0.2) is 11.7 Å². The molecule has 0 radical (unpaired) electrons. The van der Waals surface area contributed by atoms with E-state index >= 15 is 0 Å². The van der Waals surface area contributed by atoms with Gasteiger partial charge in [0.1, 0.15) is 0 Å². The molecule has 0 amide bonds. The minimum Gasteiger partial charge on any atom is -0.397 e. The predicted molar refractivity (Wildman–Crippen MR) is 35.6 cm³/mol. The summed E-state index contributed by atoms with van der Waals surface area (Å²) >= 11 is 0. The highest BCUT2D eigenvalue weighted by Crippen LogP contribution is 1.30. The summed E-state index contributed by atoms with van der Waals surface area (Å²) in [6, 6.07) is 0. The molecule has 0 saturated carbocycles. The van der Waals surface area contributed by atoms with Crippen molar-refractivity contribution in [1.29, 1.82) is 0 Å². The van der Waals surface area contributed by atoms with E-state index in [2.05, 4.69) is 11.7 Å². The molecule has 0 aliphatic carbocycles. The van der Waals surface area contributed by atoms with Crippen LogP contribution in [0.3, 0.4) is 0 Å². The lowest BCUT2D eigenvalue weighted by Gasteiger charge is -1.52. The largest absolute Gasteiger partial charge is 0.397 e. The summed E-state index contributed by atoms with van der Waals surface area (Å²) in [5.74, 6) is 8.00. The maximum atomic E-state index is 7.57. The summed E-state index contributed by atoms with van der Waals surface area (Å²) < 4.78 is 0. The lowest BCUT2D eigenvalue weighted by Crippen LogP contribution is -2.02. The zero-order chi connectivity index (χ0) is 4.71. The first kappa shape index (κ1) is 26.0. The molecule has 0 saturated heterocycles. The smallest absolute Gasteiger partial charge is 0.0402 e. The van der Waals surface area contributed by atoms with Crippen molar-refractivity contribution in [3.63, 3.8) is 0 Å². The Hall–Kier alpha value is 0.460. The van der Waals surface area contributed by atoms with Crippen molar-refractivity contribution in [2.24, 2.45) is 11.7 Å². The molecule has 0 fully saturated rings. The van der Waals surface area contributed by atoms with Crippen LogP contribution in [0.1, 0.15) is 6.92 Å². The molecule has 0 aliphatic heterocycles. The maximum Gasteiger partial charge on any atom is 0.0402 e. The average molecular weight is 151 g/mol. The quantitative estimate of drug-likeness (QED) is 0.327. The number of aliphatic hydroxyl groups excluding tert-OH is 1. The summed E-state index contributed by atoms with van der Waals surface area (Å²) in [6.45, 7) is 1.93. The Balaban J connectivity index is -0.0000000105. The molecule has 5 N–H and O–H groups in total. The Morgan fingerprint density at radius 1 is 1.29 bits per heavy atom. The van der Waals surface area contributed by atoms with Crippen LogP contribution in [0.5, 0.6) is 0 Å². The topological polar surface area (TPSA) is 72.3 Å². The highest BCUT2D eigenvalue weighted by Gasteiger charge is 1.34. The van der Waals surface area contributed by atoms with E-state index in [9.17, 15) is 0 Å². The molecule has 0 atom stereocenters. The van der Waals surface area contributed by atoms with Crippen LogP contribution in [0.15, 0.2) is 0 Å². The highest BCUT2D eigenvalue weighted by atomic mass is 35.5. The van der Waals surface area contributed by atoms with Gasteiger partial charge in [-0.1, -0.05) is 0 Å². The molecule has 7 heavy (non-hydrogen) atoms. The van der Waals surface area contributed by atoms with Gasteiger partial charge < -0.3 is 5.11 Å². The van der Waals surface area contributed by atoms with Crippen molar-refractivity contribution in [2.75, 3.05) is 6.61 Å². The van der Waals surface area contributed by atoms with Gasteiger partial charge >= 0.3 is 0 Å². The molecule has 3 nitrogen and oxygen atoms in total. The molecule has 0 unspecified atom stereocenters. The number of hydrazine groups is 1. The molecule has 50 valence electrons. The third-order valence-corrected chi connectivity index (χ3v) is 0. The molecule has 0 aromatic rings. The van der Waals surface area contributed by atoms with Gasteiger partial charge in [-0.15, -0.1) is 24.8 Å². The lowest BCUT2D eigenvalue weighted by atomic mass is 10.9. The summed E-state index contributed by atoms with van der Waals surface area (Å²) in [6.07, 6.45) is 0. The Kier molecular flexibility index (Phi) is 336. The number of aliphatic hydroxyl groups is 1. The van der Waals surface area contributed by atoms with Crippen LogP contribution >= 0.6 is 24.8 Å². The summed E-state index contributed by atoms with van der Waals surface area (Å²) in [5, 5.41) is 7.57. The number of halogens is 2. The number of nitrogens with two attached hydrogens (primary N) is 2. The average Bonchev–Trinajstić information content (AvgIpc) is 1.46. The highest BCUT2D eigenvalue weighted by molar-refractivity contribution is 5.85. The Morgan fingerprint density at radius 2 is 1.29 bits per heavy atom. The van der Waals surface area contributed by atoms with E-state index < -0.39 is 0 Å². The summed E-state index contributed by atoms with van der Waals surface area (Å²) in [5.41, 5.74) is 0. The Labute approximate surface area is 55.9 Å². The van der Waals surface area contributed by atoms with E-state index in [-0.39, 0.29) is 31.4 Å². The SMILES string of the molecule is CCO.Cl.Cl.NN. The standard InChI is InChI=1S/C2H6O.2ClH.H4N2/c1-2-3;;;1-2/h3H,2H2,1H3;2*1H;1-2H2. The first-order valence-corrected chi connectivity index (χ1v) is 1.36. The summed E-state index contributed by atoms with van der Waals surface area (Å²) in [4.78, 5) is 0. The molecule has 0 aromatic heterocycles. The van der Waals surface area contributed by atoms with Gasteiger partial charge in [-0.2, -0.15) is 0 Å². The van der Waals surface area contributed by atoms with Gasteiger partial charge in [-0.3, -0.25) is 11.7 Å². The second-order valence-electron chi connectivity index (χ2n) is 0.316. The van der Waals surface area contributed by atoms with Crippen LogP contribution in [0.25, 0.3) is 0 Å². The molecule has 0 aliphatic rings. The fraction of sp³-hybridized carbons (Fsp3) is 1.00. The molecule has 0 spiro atoms. The molecule has 0 aromatic carbocycles. The monoisotopic (exact) mass is 150 g/mol. The van der Waals surface area contributed by atoms with E-state index in [1.165, 1.54) is 0 Å². The van der Waals surface area contributed by atoms with Crippen LogP contribution < -0.4 is 11.7 Å². The van der Waals surface area contributed by atoms with Crippen molar-refractivity contribution < 1.29 is 5.11 Å². The van der Waals surface area contributed by atoms with Gasteiger partial charge in [-0.25, -0.2) is 0 Å². The van der Waals surface area contributed by atoms with E-state index in [1.54, 1.807) is 6.92 Å². The van der Waals surface area contributed by atoms with E-state index in [0.29, 0.717) is 0 Å². The number of hydrogen-bond acceptors (Lipinski definition) is 3. The summed E-state index contributed by atoms with van der Waals surface area (Å²) in [7, 11) is 0. The molecule has 0 bridgehead atoms. The van der Waals surface area contributed by atoms with Gasteiger partial charge in [0.15, 0.2) is 0 Å². The lowest BCUT2D eigenvalue weighted by molar-refractivity contribution is 0.318. The fourth-order valence-electron chi connectivity index (χ4n) is 0. The molecule has 0 rings (SSSR count). The normalized spacial score (nSPS) is 3.43. The van der Waals surface area contributed by atoms with Crippen molar-refractivity contribution in [2.45, 2.75) is 6.92 Å². The molecule has 5 heteroatoms. The van der Waals surface area contributed by atoms with Crippen LogP contribution in [0.4, 0.5) is 0 Å². The van der Waals surface area contributed by atoms with Crippen molar-refractivity contribution in [3.8, 4) is 0 Å². The fourth-order valence-corrected chi connectivity index (χ4v) is 0. The van der Waals surface area contributed by atoms with Crippen LogP contribution in [0, 0.1) is 0 Å². The second kappa shape index (κ2) is 90.3. The second-order valence-corrected chi connectivity index (χ2v) is 0.316. The zero-order valence-corrected chi connectivity index (χ0v) is 5.76. The first-order valence-electron chi connectivity index (χ1n) is 1.36. The molecular formula is C2H12Cl2N2O. The number of hydrogen-bond donors (Lipinski definition) is 3. The van der Waals surface area contributed by atoms with Crippen molar-refractivity contribution in [1.82, 2.24) is 0 Å². The first-order chi connectivity index (χ1) is 2.41. The van der Waals surface area contributed by atoms with E-state index in [1.807, 2.05) is 0 Å². The molecular weight excluding hydrogens is 139 g/mol. The molecule has 0 heterocycles. The number of rotatable bonds is 0. The van der Waals surface area contributed by atoms with Crippen LogP contribution in [-0.2, 0) is 0 Å². The maximum absolute atomic E-state index is 7.57. The Morgan fingerprint density at radius 3 is 1.29 bits per heavy atom. The third-order valence-electron chi connectivity index (χ3n) is 0. The van der Waals surface area contributed by atoms with E-state index in [4.69, 9.17) is 5.11 Å². The van der Waals surface area contributed by atoms with Gasteiger partial charge in [0, 0.05) is 6.61 Å².